The average molecular weight is 211 g/mol. The largest absolute Gasteiger partial charge is 0.230 e. The van der Waals surface area contributed by atoms with Gasteiger partial charge in [-0.05, 0) is 13.3 Å². The van der Waals surface area contributed by atoms with Crippen molar-refractivity contribution in [3.8, 4) is 0 Å². The average Bonchev–Trinajstić information content (AvgIpc) is 2.10. The predicted octanol–water partition coefficient (Wildman–Crippen LogP) is 1.71. The van der Waals surface area contributed by atoms with E-state index in [1.165, 1.54) is 6.92 Å². The summed E-state index contributed by atoms with van der Waals surface area (Å²) >= 11 is 0. The summed E-state index contributed by atoms with van der Waals surface area (Å²) in [6, 6.07) is 0. The Morgan fingerprint density at radius 1 is 1.31 bits per heavy atom. The zero-order valence-corrected chi connectivity index (χ0v) is 9.10. The molecule has 0 saturated heterocycles. The first-order valence-corrected chi connectivity index (χ1v) is 5.90. The van der Waals surface area contributed by atoms with Gasteiger partial charge in [-0.1, -0.05) is 26.2 Å². The second-order valence-electron chi connectivity index (χ2n) is 3.10. The quantitative estimate of drug-likeness (QED) is 0.396. The molecule has 3 nitrogen and oxygen atoms in total. The van der Waals surface area contributed by atoms with Gasteiger partial charge in [0.25, 0.3) is 0 Å². The van der Waals surface area contributed by atoms with Gasteiger partial charge in [0, 0.05) is 6.54 Å². The van der Waals surface area contributed by atoms with Crippen LogP contribution in [0, 0.1) is 0 Å². The third-order valence-corrected chi connectivity index (χ3v) is 2.80. The Bertz CT molecular complexity index is 189. The van der Waals surface area contributed by atoms with Gasteiger partial charge in [0.15, 0.2) is 10.7 Å². The number of unbranched alkanes of at least 4 members (excludes halogenated alkanes) is 3. The van der Waals surface area contributed by atoms with Gasteiger partial charge in [-0.25, -0.2) is 8.42 Å². The summed E-state index contributed by atoms with van der Waals surface area (Å²) in [4.78, 5) is 0. The molecule has 5 heteroatoms. The normalized spacial score (nSPS) is 13.9. The number of nitrogens with zero attached hydrogens (tertiary/aromatic N) is 1. The van der Waals surface area contributed by atoms with Gasteiger partial charge < -0.3 is 0 Å². The Morgan fingerprint density at radius 2 is 1.92 bits per heavy atom. The Kier molecular flexibility index (Phi) is 7.17. The van der Waals surface area contributed by atoms with Crippen molar-refractivity contribution in [2.24, 2.45) is 0 Å². The minimum atomic E-state index is -2.67. The van der Waals surface area contributed by atoms with Crippen molar-refractivity contribution in [2.45, 2.75) is 44.9 Å². The molecule has 0 aliphatic carbocycles. The topological polar surface area (TPSA) is 37.4 Å². The Labute approximate surface area is 80.8 Å². The molecular weight excluding hydrogens is 193 g/mol. The van der Waals surface area contributed by atoms with Crippen LogP contribution in [0.2, 0.25) is 0 Å². The monoisotopic (exact) mass is 211 g/mol. The Morgan fingerprint density at radius 3 is 2.38 bits per heavy atom. The zero-order valence-electron chi connectivity index (χ0n) is 8.20. The lowest BCUT2D eigenvalue weighted by Crippen LogP contribution is -2.27. The molecule has 0 amide bonds. The molecule has 13 heavy (non-hydrogen) atoms. The number of halogens is 1. The van der Waals surface area contributed by atoms with Crippen molar-refractivity contribution in [2.75, 3.05) is 6.54 Å². The molecule has 0 saturated carbocycles. The van der Waals surface area contributed by atoms with E-state index in [-0.39, 0.29) is 6.54 Å². The summed E-state index contributed by atoms with van der Waals surface area (Å²) < 4.78 is 33.7. The van der Waals surface area contributed by atoms with Gasteiger partial charge in [0.05, 0.1) is 0 Å². The molecule has 0 heterocycles. The molecule has 0 aromatic rings. The fourth-order valence-corrected chi connectivity index (χ4v) is 1.30. The Hall–Kier alpha value is -0.160. The maximum Gasteiger partial charge on any atom is 0.158 e. The van der Waals surface area contributed by atoms with Crippen molar-refractivity contribution in [3.05, 3.63) is 0 Å². The van der Waals surface area contributed by atoms with Crippen LogP contribution in [0.25, 0.3) is 0 Å². The lowest BCUT2D eigenvalue weighted by molar-refractivity contribution is 0.0142. The zero-order chi connectivity index (χ0) is 10.3. The molecule has 0 spiro atoms. The molecular formula is C8H18FNO2S. The van der Waals surface area contributed by atoms with Gasteiger partial charge in [0.2, 0.25) is 0 Å². The second-order valence-corrected chi connectivity index (χ2v) is 4.42. The minimum Gasteiger partial charge on any atom is -0.230 e. The van der Waals surface area contributed by atoms with Crippen LogP contribution in [-0.4, -0.2) is 25.5 Å². The molecule has 80 valence electrons. The lowest BCUT2D eigenvalue weighted by Gasteiger charge is -2.13. The van der Waals surface area contributed by atoms with Gasteiger partial charge >= 0.3 is 0 Å². The molecule has 0 radical (unpaired) electrons. The molecule has 0 rings (SSSR count). The van der Waals surface area contributed by atoms with Crippen LogP contribution in [0.15, 0.2) is 0 Å². The van der Waals surface area contributed by atoms with Gasteiger partial charge in [0.1, 0.15) is 5.37 Å². The van der Waals surface area contributed by atoms with E-state index in [0.717, 1.165) is 25.7 Å². The van der Waals surface area contributed by atoms with Crippen molar-refractivity contribution in [1.82, 2.24) is 5.12 Å². The highest BCUT2D eigenvalue weighted by atomic mass is 32.2. The van der Waals surface area contributed by atoms with E-state index in [1.54, 1.807) is 0 Å². The second kappa shape index (κ2) is 7.26. The third-order valence-electron chi connectivity index (χ3n) is 1.94. The van der Waals surface area contributed by atoms with E-state index >= 15 is 0 Å². The van der Waals surface area contributed by atoms with E-state index in [1.807, 2.05) is 0 Å². The van der Waals surface area contributed by atoms with Crippen molar-refractivity contribution >= 4 is 10.7 Å². The molecule has 0 aliphatic rings. The maximum absolute atomic E-state index is 12.9. The summed E-state index contributed by atoms with van der Waals surface area (Å²) in [6.07, 6.45) is 3.85. The van der Waals surface area contributed by atoms with Crippen LogP contribution in [0.4, 0.5) is 4.48 Å². The maximum atomic E-state index is 12.9. The summed E-state index contributed by atoms with van der Waals surface area (Å²) in [6.45, 7) is 3.64. The minimum absolute atomic E-state index is 0.213. The molecule has 0 N–H and O–H groups in total. The van der Waals surface area contributed by atoms with E-state index in [2.05, 4.69) is 6.92 Å². The first-order chi connectivity index (χ1) is 6.09. The number of rotatable bonds is 7. The van der Waals surface area contributed by atoms with E-state index in [0.29, 0.717) is 5.12 Å². The highest BCUT2D eigenvalue weighted by Gasteiger charge is 2.14. The SMILES string of the molecule is CCCCCCN(F)C(C)[SH](=O)=O. The number of thiol groups is 1. The highest BCUT2D eigenvalue weighted by molar-refractivity contribution is 7.73. The molecule has 1 unspecified atom stereocenters. The molecule has 1 atom stereocenters. The third kappa shape index (κ3) is 5.99. The summed E-state index contributed by atoms with van der Waals surface area (Å²) in [5.74, 6) is 0. The lowest BCUT2D eigenvalue weighted by atomic mass is 10.2. The fraction of sp³-hybridized carbons (Fsp3) is 1.00. The summed E-state index contributed by atoms with van der Waals surface area (Å²) in [5, 5.41) is -0.599. The first-order valence-electron chi connectivity index (χ1n) is 4.65. The molecule has 0 aromatic carbocycles. The fourth-order valence-electron chi connectivity index (χ4n) is 0.979. The van der Waals surface area contributed by atoms with Gasteiger partial charge in [-0.3, -0.25) is 0 Å². The standard InChI is InChI=1S/C8H18FNO2S/c1-3-4-5-6-7-10(9)8(2)13(11)12/h8,13H,3-7H2,1-2H3. The molecule has 0 aliphatic heterocycles. The number of hydrogen-bond donors (Lipinski definition) is 1. The predicted molar refractivity (Wildman–Crippen MR) is 51.7 cm³/mol. The van der Waals surface area contributed by atoms with Crippen molar-refractivity contribution in [3.63, 3.8) is 0 Å². The van der Waals surface area contributed by atoms with E-state index in [9.17, 15) is 12.9 Å². The number of hydrogen-bond acceptors (Lipinski definition) is 3. The van der Waals surface area contributed by atoms with E-state index in [4.69, 9.17) is 0 Å². The van der Waals surface area contributed by atoms with Gasteiger partial charge in [-0.2, -0.15) is 0 Å². The van der Waals surface area contributed by atoms with E-state index < -0.39 is 16.1 Å². The van der Waals surface area contributed by atoms with Crippen LogP contribution in [0.5, 0.6) is 0 Å². The van der Waals surface area contributed by atoms with Crippen LogP contribution in [0.3, 0.4) is 0 Å². The van der Waals surface area contributed by atoms with Crippen LogP contribution in [-0.2, 0) is 10.7 Å². The van der Waals surface area contributed by atoms with Crippen molar-refractivity contribution < 1.29 is 12.9 Å². The Balaban J connectivity index is 3.55. The smallest absolute Gasteiger partial charge is 0.158 e. The highest BCUT2D eigenvalue weighted by Crippen LogP contribution is 2.05. The van der Waals surface area contributed by atoms with Crippen LogP contribution < -0.4 is 0 Å². The van der Waals surface area contributed by atoms with Crippen LogP contribution >= 0.6 is 0 Å². The van der Waals surface area contributed by atoms with Crippen LogP contribution in [0.1, 0.15) is 39.5 Å². The summed E-state index contributed by atoms with van der Waals surface area (Å²) in [5.41, 5.74) is 0. The molecule has 0 bridgehead atoms. The first kappa shape index (κ1) is 12.8. The van der Waals surface area contributed by atoms with Crippen molar-refractivity contribution in [1.29, 1.82) is 0 Å². The summed E-state index contributed by atoms with van der Waals surface area (Å²) in [7, 11) is -2.67. The molecule has 0 aromatic heterocycles. The van der Waals surface area contributed by atoms with Gasteiger partial charge in [-0.15, -0.1) is 9.60 Å². The molecule has 0 fully saturated rings.